The Hall–Kier alpha value is -1.19. The first-order valence-electron chi connectivity index (χ1n) is 7.85. The molecule has 1 radical (unpaired) electrons. The number of rotatable bonds is 6. The van der Waals surface area contributed by atoms with Crippen molar-refractivity contribution in [3.8, 4) is 0 Å². The van der Waals surface area contributed by atoms with E-state index in [-0.39, 0.29) is 11.5 Å². The van der Waals surface area contributed by atoms with Crippen LogP contribution in [-0.2, 0) is 4.79 Å². The first kappa shape index (κ1) is 17.2. The molecule has 1 aliphatic rings. The zero-order valence-corrected chi connectivity index (χ0v) is 13.7. The molecule has 1 fully saturated rings. The molecule has 0 aliphatic heterocycles. The van der Waals surface area contributed by atoms with Gasteiger partial charge in [-0.15, -0.1) is 0 Å². The topological polar surface area (TPSA) is 61.2 Å². The van der Waals surface area contributed by atoms with Gasteiger partial charge in [0.2, 0.25) is 0 Å². The van der Waals surface area contributed by atoms with Gasteiger partial charge in [-0.1, -0.05) is 49.9 Å². The molecule has 4 heteroatoms. The summed E-state index contributed by atoms with van der Waals surface area (Å²) < 4.78 is 0. The molecule has 119 valence electrons. The summed E-state index contributed by atoms with van der Waals surface area (Å²) in [4.78, 5) is 12.8. The summed E-state index contributed by atoms with van der Waals surface area (Å²) >= 11 is 6.07. The molecule has 0 amide bonds. The maximum Gasteiger partial charge on any atom is 0.186 e. The first-order chi connectivity index (χ1) is 10.5. The van der Waals surface area contributed by atoms with Gasteiger partial charge in [0, 0.05) is 5.02 Å². The Morgan fingerprint density at radius 3 is 2.68 bits per heavy atom. The van der Waals surface area contributed by atoms with E-state index in [1.807, 2.05) is 13.0 Å². The number of hydrogen-bond donors (Lipinski definition) is 2. The van der Waals surface area contributed by atoms with Crippen molar-refractivity contribution in [1.82, 2.24) is 0 Å². The molecule has 0 aromatic heterocycles. The van der Waals surface area contributed by atoms with Crippen molar-refractivity contribution in [1.29, 1.82) is 5.41 Å². The fourth-order valence-electron chi connectivity index (χ4n) is 3.32. The average molecular weight is 321 g/mol. The molecule has 1 atom stereocenters. The maximum absolute atomic E-state index is 12.8. The normalized spacial score (nSPS) is 18.7. The van der Waals surface area contributed by atoms with Gasteiger partial charge >= 0.3 is 0 Å². The molecular weight excluding hydrogens is 298 g/mol. The summed E-state index contributed by atoms with van der Waals surface area (Å²) in [7, 11) is 0. The maximum atomic E-state index is 12.8. The third-order valence-corrected chi connectivity index (χ3v) is 4.64. The van der Waals surface area contributed by atoms with E-state index in [2.05, 4.69) is 0 Å². The predicted octanol–water partition coefficient (Wildman–Crippen LogP) is 4.32. The smallest absolute Gasteiger partial charge is 0.186 e. The summed E-state index contributed by atoms with van der Waals surface area (Å²) in [5, 5.41) is 19.6. The summed E-state index contributed by atoms with van der Waals surface area (Å²) in [6.45, 7) is 1.82. The summed E-state index contributed by atoms with van der Waals surface area (Å²) in [5.41, 5.74) is -0.311. The second-order valence-electron chi connectivity index (χ2n) is 6.11. The van der Waals surface area contributed by atoms with Crippen molar-refractivity contribution in [2.75, 3.05) is 0 Å². The molecule has 3 nitrogen and oxygen atoms in total. The van der Waals surface area contributed by atoms with Crippen LogP contribution in [0.5, 0.6) is 0 Å². The van der Waals surface area contributed by atoms with Gasteiger partial charge in [0.25, 0.3) is 0 Å². The minimum absolute atomic E-state index is 0.0477. The van der Waals surface area contributed by atoms with Crippen molar-refractivity contribution >= 4 is 23.1 Å². The van der Waals surface area contributed by atoms with Crippen LogP contribution in [-0.4, -0.2) is 22.2 Å². The van der Waals surface area contributed by atoms with E-state index < -0.39 is 11.5 Å². The summed E-state index contributed by atoms with van der Waals surface area (Å²) in [6, 6.07) is 7.10. The molecule has 2 rings (SSSR count). The Kier molecular flexibility index (Phi) is 5.76. The third-order valence-electron chi connectivity index (χ3n) is 4.41. The van der Waals surface area contributed by atoms with Crippen LogP contribution >= 0.6 is 11.6 Å². The van der Waals surface area contributed by atoms with Gasteiger partial charge < -0.3 is 10.5 Å². The van der Waals surface area contributed by atoms with Gasteiger partial charge in [-0.05, 0) is 43.4 Å². The number of aliphatic hydroxyl groups is 1. The largest absolute Gasteiger partial charge is 0.389 e. The molecule has 0 unspecified atom stereocenters. The van der Waals surface area contributed by atoms with Gasteiger partial charge in [0.15, 0.2) is 5.78 Å². The standard InChI is InChI=1S/C18H23ClNO2/c1-2-7-15(20)17(21)16(13-8-6-9-14(19)12-13)18(22)10-4-3-5-11-18/h2,6,8-9,12,16,20,22H,3-5,7,10-11H2,1H3/t16-/m1/s1. The molecule has 1 aromatic rings. The second kappa shape index (κ2) is 7.38. The Morgan fingerprint density at radius 2 is 2.09 bits per heavy atom. The third kappa shape index (κ3) is 3.76. The fourth-order valence-corrected chi connectivity index (χ4v) is 3.52. The average Bonchev–Trinajstić information content (AvgIpc) is 2.48. The minimum atomic E-state index is -1.07. The van der Waals surface area contributed by atoms with Crippen LogP contribution in [0.3, 0.4) is 0 Å². The van der Waals surface area contributed by atoms with Crippen molar-refractivity contribution < 1.29 is 9.90 Å². The zero-order valence-electron chi connectivity index (χ0n) is 12.9. The highest BCUT2D eigenvalue weighted by Crippen LogP contribution is 2.41. The number of benzene rings is 1. The molecule has 0 saturated heterocycles. The van der Waals surface area contributed by atoms with Gasteiger partial charge in [0.1, 0.15) is 0 Å². The monoisotopic (exact) mass is 320 g/mol. The molecule has 22 heavy (non-hydrogen) atoms. The predicted molar refractivity (Wildman–Crippen MR) is 89.6 cm³/mol. The number of Topliss-reactive ketones (excluding diaryl/α,β-unsaturated/α-hetero) is 1. The highest BCUT2D eigenvalue weighted by atomic mass is 35.5. The molecule has 0 heterocycles. The lowest BCUT2D eigenvalue weighted by atomic mass is 9.70. The minimum Gasteiger partial charge on any atom is -0.389 e. The van der Waals surface area contributed by atoms with E-state index >= 15 is 0 Å². The van der Waals surface area contributed by atoms with E-state index in [0.29, 0.717) is 29.8 Å². The number of ketones is 1. The molecule has 1 aliphatic carbocycles. The molecule has 2 N–H and O–H groups in total. The number of carbonyl (C=O) groups is 1. The van der Waals surface area contributed by atoms with Gasteiger partial charge in [-0.2, -0.15) is 0 Å². The zero-order chi connectivity index (χ0) is 16.2. The molecule has 1 aromatic carbocycles. The number of halogens is 1. The van der Waals surface area contributed by atoms with E-state index in [1.54, 1.807) is 24.6 Å². The van der Waals surface area contributed by atoms with Crippen molar-refractivity contribution in [3.63, 3.8) is 0 Å². The van der Waals surface area contributed by atoms with Crippen LogP contribution in [0.15, 0.2) is 24.3 Å². The van der Waals surface area contributed by atoms with Crippen LogP contribution in [0.25, 0.3) is 0 Å². The van der Waals surface area contributed by atoms with Crippen LogP contribution in [0.1, 0.15) is 56.9 Å². The Labute approximate surface area is 137 Å². The lowest BCUT2D eigenvalue weighted by Crippen LogP contribution is -2.44. The van der Waals surface area contributed by atoms with Crippen molar-refractivity contribution in [3.05, 3.63) is 41.3 Å². The van der Waals surface area contributed by atoms with Gasteiger partial charge in [-0.25, -0.2) is 0 Å². The van der Waals surface area contributed by atoms with E-state index in [0.717, 1.165) is 19.3 Å². The Morgan fingerprint density at radius 1 is 1.41 bits per heavy atom. The fraction of sp³-hybridized carbons (Fsp3) is 0.500. The Balaban J connectivity index is 2.40. The van der Waals surface area contributed by atoms with E-state index in [9.17, 15) is 9.90 Å². The number of nitrogens with one attached hydrogen (secondary N) is 1. The number of hydrogen-bond acceptors (Lipinski definition) is 3. The highest BCUT2D eigenvalue weighted by molar-refractivity contribution is 6.41. The summed E-state index contributed by atoms with van der Waals surface area (Å²) in [5.74, 6) is -0.983. The lowest BCUT2D eigenvalue weighted by Gasteiger charge is -2.38. The molecule has 1 saturated carbocycles. The van der Waals surface area contributed by atoms with E-state index in [4.69, 9.17) is 17.0 Å². The Bertz CT molecular complexity index is 550. The quantitative estimate of drug-likeness (QED) is 0.767. The van der Waals surface area contributed by atoms with Crippen LogP contribution in [0, 0.1) is 11.8 Å². The summed E-state index contributed by atoms with van der Waals surface area (Å²) in [6.07, 6.45) is 6.21. The molecular formula is C18H23ClNO2. The SMILES string of the molecule is C[CH]CC(=N)C(=O)[C@@H](c1cccc(Cl)c1)C1(O)CCCCC1. The van der Waals surface area contributed by atoms with E-state index in [1.165, 1.54) is 0 Å². The van der Waals surface area contributed by atoms with Crippen LogP contribution in [0.2, 0.25) is 5.02 Å². The molecule has 0 bridgehead atoms. The first-order valence-corrected chi connectivity index (χ1v) is 8.23. The van der Waals surface area contributed by atoms with Gasteiger partial charge in [0.05, 0.1) is 17.2 Å². The van der Waals surface area contributed by atoms with Crippen molar-refractivity contribution in [2.24, 2.45) is 0 Å². The van der Waals surface area contributed by atoms with Crippen molar-refractivity contribution in [2.45, 2.75) is 57.0 Å². The van der Waals surface area contributed by atoms with Crippen LogP contribution in [0.4, 0.5) is 0 Å². The molecule has 0 spiro atoms. The second-order valence-corrected chi connectivity index (χ2v) is 6.54. The van der Waals surface area contributed by atoms with Gasteiger partial charge in [-0.3, -0.25) is 4.79 Å². The highest BCUT2D eigenvalue weighted by Gasteiger charge is 2.43. The number of carbonyl (C=O) groups excluding carboxylic acids is 1. The van der Waals surface area contributed by atoms with Crippen LogP contribution < -0.4 is 0 Å². The lowest BCUT2D eigenvalue weighted by molar-refractivity contribution is -0.122.